The fraction of sp³-hybridized carbons (Fsp3) is 0. The second kappa shape index (κ2) is 12.6. The zero-order valence-corrected chi connectivity index (χ0v) is 24.3. The maximum atomic E-state index is 3.72. The molecule has 2 heteroatoms. The van der Waals surface area contributed by atoms with E-state index in [0.717, 1.165) is 45.0 Å². The molecule has 0 saturated carbocycles. The highest BCUT2D eigenvalue weighted by Gasteiger charge is 2.12. The van der Waals surface area contributed by atoms with Gasteiger partial charge in [-0.1, -0.05) is 133 Å². The molecule has 0 radical (unpaired) electrons. The second-order valence-corrected chi connectivity index (χ2v) is 10.8. The van der Waals surface area contributed by atoms with Crippen LogP contribution in [0.5, 0.6) is 0 Å². The number of anilines is 4. The summed E-state index contributed by atoms with van der Waals surface area (Å²) >= 11 is 0. The molecule has 0 heterocycles. The van der Waals surface area contributed by atoms with Crippen LogP contribution in [0.25, 0.3) is 44.5 Å². The molecule has 0 unspecified atom stereocenters. The number of benzene rings is 7. The molecule has 7 aromatic carbocycles. The number of hydrogen-bond donors (Lipinski definition) is 2. The average molecular weight is 565 g/mol. The molecule has 0 aliphatic carbocycles. The van der Waals surface area contributed by atoms with Gasteiger partial charge in [-0.2, -0.15) is 0 Å². The molecule has 2 nitrogen and oxygen atoms in total. The second-order valence-electron chi connectivity index (χ2n) is 10.8. The van der Waals surface area contributed by atoms with Crippen LogP contribution in [-0.4, -0.2) is 0 Å². The molecule has 7 aromatic rings. The Kier molecular flexibility index (Phi) is 7.71. The van der Waals surface area contributed by atoms with Crippen LogP contribution < -0.4 is 10.6 Å². The van der Waals surface area contributed by atoms with E-state index in [9.17, 15) is 0 Å². The maximum absolute atomic E-state index is 3.72. The zero-order valence-electron chi connectivity index (χ0n) is 24.3. The van der Waals surface area contributed by atoms with E-state index in [1.807, 2.05) is 6.07 Å². The van der Waals surface area contributed by atoms with Gasteiger partial charge in [0.2, 0.25) is 0 Å². The van der Waals surface area contributed by atoms with Crippen molar-refractivity contribution in [2.24, 2.45) is 0 Å². The first-order valence-corrected chi connectivity index (χ1v) is 14.9. The molecule has 0 aliphatic rings. The Hall–Kier alpha value is -5.86. The minimum Gasteiger partial charge on any atom is -0.355 e. The Morgan fingerprint density at radius 2 is 0.636 bits per heavy atom. The van der Waals surface area contributed by atoms with Gasteiger partial charge in [-0.05, 0) is 81.9 Å². The van der Waals surface area contributed by atoms with Gasteiger partial charge in [0.05, 0.1) is 0 Å². The van der Waals surface area contributed by atoms with Crippen LogP contribution in [0.4, 0.5) is 22.7 Å². The average Bonchev–Trinajstić information content (AvgIpc) is 3.10. The van der Waals surface area contributed by atoms with Crippen LogP contribution in [0.1, 0.15) is 0 Å². The van der Waals surface area contributed by atoms with Crippen molar-refractivity contribution < 1.29 is 0 Å². The lowest BCUT2D eigenvalue weighted by Crippen LogP contribution is -1.96. The molecule has 0 fully saturated rings. The van der Waals surface area contributed by atoms with Crippen molar-refractivity contribution in [3.63, 3.8) is 0 Å². The van der Waals surface area contributed by atoms with Crippen molar-refractivity contribution in [2.45, 2.75) is 0 Å². The molecule has 0 bridgehead atoms. The standard InChI is InChI=1S/C42H32N2/c1-5-14-31(15-6-1)34-20-13-23-38(28-34)44-42-27-25-36(30-40(42)33-18-9-3-10-19-33)35-24-26-41(43-37-21-11-4-12-22-37)39(29-35)32-16-7-2-8-17-32/h1-30,43-44H. The van der Waals surface area contributed by atoms with Crippen LogP contribution in [0.3, 0.4) is 0 Å². The van der Waals surface area contributed by atoms with Crippen LogP contribution in [0.15, 0.2) is 182 Å². The van der Waals surface area contributed by atoms with Gasteiger partial charge in [0.1, 0.15) is 0 Å². The smallest absolute Gasteiger partial charge is 0.0464 e. The SMILES string of the molecule is c1ccc(Nc2ccc(-c3ccc(Nc4cccc(-c5ccccc5)c4)c(-c4ccccc4)c3)cc2-c2ccccc2)cc1. The van der Waals surface area contributed by atoms with E-state index >= 15 is 0 Å². The normalized spacial score (nSPS) is 10.7. The topological polar surface area (TPSA) is 24.1 Å². The molecular formula is C42H32N2. The van der Waals surface area contributed by atoms with Crippen LogP contribution in [0.2, 0.25) is 0 Å². The summed E-state index contributed by atoms with van der Waals surface area (Å²) in [6, 6.07) is 64.0. The molecule has 0 spiro atoms. The van der Waals surface area contributed by atoms with Gasteiger partial charge < -0.3 is 10.6 Å². The first kappa shape index (κ1) is 27.0. The number of rotatable bonds is 8. The minimum absolute atomic E-state index is 1.05. The van der Waals surface area contributed by atoms with Gasteiger partial charge in [-0.25, -0.2) is 0 Å². The number of nitrogens with one attached hydrogen (secondary N) is 2. The van der Waals surface area contributed by atoms with Gasteiger partial charge >= 0.3 is 0 Å². The predicted molar refractivity (Wildman–Crippen MR) is 188 cm³/mol. The highest BCUT2D eigenvalue weighted by Crippen LogP contribution is 2.38. The fourth-order valence-electron chi connectivity index (χ4n) is 5.62. The summed E-state index contributed by atoms with van der Waals surface area (Å²) in [5, 5.41) is 7.35. The predicted octanol–water partition coefficient (Wildman–Crippen LogP) is 11.8. The first-order chi connectivity index (χ1) is 21.8. The lowest BCUT2D eigenvalue weighted by Gasteiger charge is -2.17. The molecule has 2 N–H and O–H groups in total. The van der Waals surface area contributed by atoms with E-state index < -0.39 is 0 Å². The Bertz CT molecular complexity index is 1980. The third-order valence-corrected chi connectivity index (χ3v) is 7.84. The van der Waals surface area contributed by atoms with Crippen LogP contribution in [-0.2, 0) is 0 Å². The lowest BCUT2D eigenvalue weighted by molar-refractivity contribution is 1.51. The first-order valence-electron chi connectivity index (χ1n) is 14.9. The van der Waals surface area contributed by atoms with Gasteiger partial charge in [0, 0.05) is 33.9 Å². The zero-order chi connectivity index (χ0) is 29.6. The molecule has 210 valence electrons. The van der Waals surface area contributed by atoms with Crippen molar-refractivity contribution >= 4 is 22.7 Å². The molecule has 44 heavy (non-hydrogen) atoms. The summed E-state index contributed by atoms with van der Waals surface area (Å²) in [5.74, 6) is 0. The summed E-state index contributed by atoms with van der Waals surface area (Å²) < 4.78 is 0. The Morgan fingerprint density at radius 1 is 0.250 bits per heavy atom. The monoisotopic (exact) mass is 564 g/mol. The van der Waals surface area contributed by atoms with Crippen molar-refractivity contribution in [1.82, 2.24) is 0 Å². The van der Waals surface area contributed by atoms with Crippen molar-refractivity contribution in [3.05, 3.63) is 182 Å². The molecule has 0 atom stereocenters. The van der Waals surface area contributed by atoms with Gasteiger partial charge in [0.25, 0.3) is 0 Å². The fourth-order valence-corrected chi connectivity index (χ4v) is 5.62. The molecule has 0 saturated heterocycles. The summed E-state index contributed by atoms with van der Waals surface area (Å²) in [7, 11) is 0. The Morgan fingerprint density at radius 3 is 1.16 bits per heavy atom. The summed E-state index contributed by atoms with van der Waals surface area (Å²) in [6.07, 6.45) is 0. The highest BCUT2D eigenvalue weighted by atomic mass is 14.9. The van der Waals surface area contributed by atoms with Gasteiger partial charge in [-0.3, -0.25) is 0 Å². The van der Waals surface area contributed by atoms with Crippen LogP contribution in [0, 0.1) is 0 Å². The lowest BCUT2D eigenvalue weighted by atomic mass is 9.94. The van der Waals surface area contributed by atoms with E-state index in [-0.39, 0.29) is 0 Å². The number of hydrogen-bond acceptors (Lipinski definition) is 2. The van der Waals surface area contributed by atoms with Crippen LogP contribution >= 0.6 is 0 Å². The third kappa shape index (κ3) is 6.01. The van der Waals surface area contributed by atoms with E-state index in [4.69, 9.17) is 0 Å². The summed E-state index contributed by atoms with van der Waals surface area (Å²) in [4.78, 5) is 0. The van der Waals surface area contributed by atoms with E-state index in [2.05, 4.69) is 187 Å². The molecule has 0 aromatic heterocycles. The minimum atomic E-state index is 1.05. The van der Waals surface area contributed by atoms with Crippen molar-refractivity contribution in [1.29, 1.82) is 0 Å². The molecule has 0 aliphatic heterocycles. The Balaban J connectivity index is 1.28. The largest absolute Gasteiger partial charge is 0.355 e. The van der Waals surface area contributed by atoms with E-state index in [1.165, 1.54) is 22.3 Å². The van der Waals surface area contributed by atoms with E-state index in [0.29, 0.717) is 0 Å². The van der Waals surface area contributed by atoms with Gasteiger partial charge in [0.15, 0.2) is 0 Å². The van der Waals surface area contributed by atoms with Crippen molar-refractivity contribution in [3.8, 4) is 44.5 Å². The maximum Gasteiger partial charge on any atom is 0.0464 e. The Labute approximate surface area is 259 Å². The summed E-state index contributed by atoms with van der Waals surface area (Å²) in [5.41, 5.74) is 13.6. The summed E-state index contributed by atoms with van der Waals surface area (Å²) in [6.45, 7) is 0. The van der Waals surface area contributed by atoms with Crippen molar-refractivity contribution in [2.75, 3.05) is 10.6 Å². The van der Waals surface area contributed by atoms with Gasteiger partial charge in [-0.15, -0.1) is 0 Å². The molecule has 7 rings (SSSR count). The van der Waals surface area contributed by atoms with E-state index in [1.54, 1.807) is 0 Å². The molecular weight excluding hydrogens is 532 g/mol. The quantitative estimate of drug-likeness (QED) is 0.192. The molecule has 0 amide bonds. The number of para-hydroxylation sites is 1. The third-order valence-electron chi connectivity index (χ3n) is 7.84. The highest BCUT2D eigenvalue weighted by molar-refractivity contribution is 5.89.